The van der Waals surface area contributed by atoms with E-state index in [0.29, 0.717) is 6.54 Å². The van der Waals surface area contributed by atoms with Gasteiger partial charge in [-0.25, -0.2) is 4.39 Å². The van der Waals surface area contributed by atoms with Crippen molar-refractivity contribution in [3.05, 3.63) is 65.5 Å². The lowest BCUT2D eigenvalue weighted by molar-refractivity contribution is -0.0604. The maximum absolute atomic E-state index is 13.2. The van der Waals surface area contributed by atoms with Gasteiger partial charge in [0.25, 0.3) is 0 Å². The second-order valence-electron chi connectivity index (χ2n) is 6.96. The second kappa shape index (κ2) is 11.3. The maximum atomic E-state index is 13.2. The average Bonchev–Trinajstić information content (AvgIpc) is 2.71. The van der Waals surface area contributed by atoms with E-state index in [1.54, 1.807) is 26.3 Å². The van der Waals surface area contributed by atoms with E-state index >= 15 is 0 Å². The number of rotatable bonds is 5. The number of nitrogens with zero attached hydrogens (tertiary/aromatic N) is 2. The molecule has 0 radical (unpaired) electrons. The molecule has 1 heterocycles. The molecule has 2 atom stereocenters. The summed E-state index contributed by atoms with van der Waals surface area (Å²) in [6.45, 7) is 4.28. The van der Waals surface area contributed by atoms with Gasteiger partial charge in [-0.1, -0.05) is 24.3 Å². The van der Waals surface area contributed by atoms with Crippen molar-refractivity contribution >= 4 is 29.9 Å². The second-order valence-corrected chi connectivity index (χ2v) is 6.96. The third-order valence-corrected chi connectivity index (χ3v) is 4.87. The Kier molecular flexibility index (Phi) is 9.16. The van der Waals surface area contributed by atoms with Crippen LogP contribution in [-0.4, -0.2) is 50.8 Å². The van der Waals surface area contributed by atoms with Crippen molar-refractivity contribution in [1.29, 1.82) is 0 Å². The Bertz CT molecular complexity index is 784. The van der Waals surface area contributed by atoms with Crippen LogP contribution in [0.15, 0.2) is 53.5 Å². The molecule has 2 aromatic carbocycles. The third-order valence-electron chi connectivity index (χ3n) is 4.87. The van der Waals surface area contributed by atoms with Crippen molar-refractivity contribution in [2.75, 3.05) is 33.8 Å². The van der Waals surface area contributed by atoms with Gasteiger partial charge in [-0.3, -0.25) is 4.99 Å². The molecule has 1 aliphatic rings. The van der Waals surface area contributed by atoms with Gasteiger partial charge in [-0.2, -0.15) is 0 Å². The Morgan fingerprint density at radius 3 is 2.48 bits per heavy atom. The highest BCUT2D eigenvalue weighted by molar-refractivity contribution is 14.0. The quantitative estimate of drug-likeness (QED) is 0.373. The zero-order chi connectivity index (χ0) is 19.9. The van der Waals surface area contributed by atoms with Gasteiger partial charge in [0.15, 0.2) is 5.96 Å². The van der Waals surface area contributed by atoms with E-state index in [0.717, 1.165) is 36.8 Å². The van der Waals surface area contributed by atoms with E-state index < -0.39 is 0 Å². The van der Waals surface area contributed by atoms with Crippen LogP contribution in [0.25, 0.3) is 0 Å². The van der Waals surface area contributed by atoms with Crippen molar-refractivity contribution < 1.29 is 13.9 Å². The van der Waals surface area contributed by atoms with E-state index in [1.165, 1.54) is 17.7 Å². The zero-order valence-corrected chi connectivity index (χ0v) is 19.4. The summed E-state index contributed by atoms with van der Waals surface area (Å²) in [6.07, 6.45) is 0.845. The summed E-state index contributed by atoms with van der Waals surface area (Å²) < 4.78 is 24.5. The van der Waals surface area contributed by atoms with Crippen LogP contribution in [0.2, 0.25) is 0 Å². The van der Waals surface area contributed by atoms with E-state index in [-0.39, 0.29) is 42.0 Å². The molecule has 1 aliphatic heterocycles. The average molecular weight is 513 g/mol. The minimum atomic E-state index is -0.236. The van der Waals surface area contributed by atoms with Gasteiger partial charge >= 0.3 is 0 Å². The third kappa shape index (κ3) is 6.57. The number of methoxy groups -OCH3 is 1. The van der Waals surface area contributed by atoms with Gasteiger partial charge in [0.05, 0.1) is 19.8 Å². The molecule has 0 bridgehead atoms. The first-order valence-electron chi connectivity index (χ1n) is 9.58. The van der Waals surface area contributed by atoms with E-state index in [1.807, 2.05) is 19.1 Å². The van der Waals surface area contributed by atoms with E-state index in [4.69, 9.17) is 9.47 Å². The van der Waals surface area contributed by atoms with Crippen LogP contribution in [0, 0.1) is 5.82 Å². The fourth-order valence-corrected chi connectivity index (χ4v) is 3.43. The van der Waals surface area contributed by atoms with E-state index in [2.05, 4.69) is 27.3 Å². The number of morpholine rings is 1. The molecule has 5 nitrogen and oxygen atoms in total. The van der Waals surface area contributed by atoms with Gasteiger partial charge in [0, 0.05) is 20.1 Å². The van der Waals surface area contributed by atoms with Gasteiger partial charge in [-0.15, -0.1) is 24.0 Å². The summed E-state index contributed by atoms with van der Waals surface area (Å²) in [5.74, 6) is 1.48. The first-order valence-corrected chi connectivity index (χ1v) is 9.58. The molecule has 0 amide bonds. The number of ether oxygens (including phenoxy) is 2. The lowest BCUT2D eigenvalue weighted by Gasteiger charge is -2.38. The highest BCUT2D eigenvalue weighted by Gasteiger charge is 2.28. The minimum absolute atomic E-state index is 0. The Balaban J connectivity index is 0.00000300. The molecule has 29 heavy (non-hydrogen) atoms. The smallest absolute Gasteiger partial charge is 0.193 e. The van der Waals surface area contributed by atoms with Crippen LogP contribution >= 0.6 is 24.0 Å². The summed E-state index contributed by atoms with van der Waals surface area (Å²) in [4.78, 5) is 6.65. The Morgan fingerprint density at radius 2 is 1.86 bits per heavy atom. The molecular formula is C22H29FIN3O2. The van der Waals surface area contributed by atoms with Crippen LogP contribution in [-0.2, 0) is 11.2 Å². The molecule has 0 aromatic heterocycles. The maximum Gasteiger partial charge on any atom is 0.193 e. The Labute approximate surface area is 189 Å². The topological polar surface area (TPSA) is 46.1 Å². The number of nitrogens with one attached hydrogen (secondary N) is 1. The SMILES string of the molecule is CN=C(NCCc1ccc(OC)cc1)N1CC(C)OC(c2ccc(F)cc2)C1.I. The van der Waals surface area contributed by atoms with Crippen molar-refractivity contribution in [1.82, 2.24) is 10.2 Å². The van der Waals surface area contributed by atoms with Gasteiger partial charge in [-0.05, 0) is 48.7 Å². The highest BCUT2D eigenvalue weighted by Crippen LogP contribution is 2.25. The van der Waals surface area contributed by atoms with Crippen molar-refractivity contribution in [3.8, 4) is 5.75 Å². The number of hydrogen-bond donors (Lipinski definition) is 1. The van der Waals surface area contributed by atoms with Crippen LogP contribution in [0.5, 0.6) is 5.75 Å². The zero-order valence-electron chi connectivity index (χ0n) is 17.1. The standard InChI is InChI=1S/C22H28FN3O2.HI/c1-16-14-26(15-21(28-16)18-6-8-19(23)9-7-18)22(24-2)25-13-12-17-4-10-20(27-3)11-5-17;/h4-11,16,21H,12-15H2,1-3H3,(H,24,25);1H. The molecule has 1 saturated heterocycles. The number of halogens is 2. The summed E-state index contributed by atoms with van der Waals surface area (Å²) in [5.41, 5.74) is 2.22. The molecule has 3 rings (SSSR count). The lowest BCUT2D eigenvalue weighted by atomic mass is 10.1. The number of guanidine groups is 1. The molecule has 2 unspecified atom stereocenters. The van der Waals surface area contributed by atoms with Crippen LogP contribution < -0.4 is 10.1 Å². The number of benzene rings is 2. The first-order chi connectivity index (χ1) is 13.6. The molecule has 0 saturated carbocycles. The Hall–Kier alpha value is -1.87. The van der Waals surface area contributed by atoms with Gasteiger partial charge in [0.2, 0.25) is 0 Å². The van der Waals surface area contributed by atoms with Crippen LogP contribution in [0.4, 0.5) is 4.39 Å². The predicted molar refractivity (Wildman–Crippen MR) is 125 cm³/mol. The van der Waals surface area contributed by atoms with Crippen molar-refractivity contribution in [2.45, 2.75) is 25.6 Å². The number of aliphatic imine (C=N–C) groups is 1. The predicted octanol–water partition coefficient (Wildman–Crippen LogP) is 4.03. The molecule has 1 fully saturated rings. The fraction of sp³-hybridized carbons (Fsp3) is 0.409. The fourth-order valence-electron chi connectivity index (χ4n) is 3.43. The largest absolute Gasteiger partial charge is 0.497 e. The van der Waals surface area contributed by atoms with E-state index in [9.17, 15) is 4.39 Å². The molecule has 0 spiro atoms. The summed E-state index contributed by atoms with van der Waals surface area (Å²) in [5, 5.41) is 3.45. The molecule has 7 heteroatoms. The molecule has 0 aliphatic carbocycles. The summed E-state index contributed by atoms with van der Waals surface area (Å²) in [6, 6.07) is 14.6. The normalized spacial score (nSPS) is 19.4. The van der Waals surface area contributed by atoms with Gasteiger partial charge < -0.3 is 19.7 Å². The van der Waals surface area contributed by atoms with Crippen molar-refractivity contribution in [2.24, 2.45) is 4.99 Å². The first kappa shape index (κ1) is 23.4. The minimum Gasteiger partial charge on any atom is -0.497 e. The van der Waals surface area contributed by atoms with Crippen LogP contribution in [0.1, 0.15) is 24.2 Å². The summed E-state index contributed by atoms with van der Waals surface area (Å²) in [7, 11) is 3.46. The Morgan fingerprint density at radius 1 is 1.17 bits per heavy atom. The molecule has 2 aromatic rings. The van der Waals surface area contributed by atoms with Gasteiger partial charge in [0.1, 0.15) is 17.7 Å². The monoisotopic (exact) mass is 513 g/mol. The number of hydrogen-bond acceptors (Lipinski definition) is 3. The van der Waals surface area contributed by atoms with Crippen LogP contribution in [0.3, 0.4) is 0 Å². The molecule has 1 N–H and O–H groups in total. The van der Waals surface area contributed by atoms with Crippen molar-refractivity contribution in [3.63, 3.8) is 0 Å². The lowest BCUT2D eigenvalue weighted by Crippen LogP contribution is -2.51. The molecule has 158 valence electrons. The molecular weight excluding hydrogens is 484 g/mol. The summed E-state index contributed by atoms with van der Waals surface area (Å²) >= 11 is 0. The highest BCUT2D eigenvalue weighted by atomic mass is 127.